The fraction of sp³-hybridized carbons (Fsp3) is 0.0870. The highest BCUT2D eigenvalue weighted by molar-refractivity contribution is 6.50. The van der Waals surface area contributed by atoms with Crippen molar-refractivity contribution in [1.82, 2.24) is 14.5 Å². The zero-order valence-corrected chi connectivity index (χ0v) is 16.8. The number of aryl methyl sites for hydroxylation is 2. The Balaban J connectivity index is 1.83. The van der Waals surface area contributed by atoms with E-state index in [-0.39, 0.29) is 16.7 Å². The van der Waals surface area contributed by atoms with E-state index in [0.29, 0.717) is 27.7 Å². The molecule has 0 saturated carbocycles. The molecule has 0 radical (unpaired) electrons. The second-order valence-corrected chi connectivity index (χ2v) is 7.65. The Bertz CT molecular complexity index is 1500. The van der Waals surface area contributed by atoms with Crippen LogP contribution in [0.2, 0.25) is 0 Å². The standard InChI is InChI=1S/C23H18N4O4/c1-26-9-15(13-5-3-11(23(30)31)7-17(13)26)19-20(22(29)25-21(19)28)16-10-27(2)18-8-12(24)4-6-14(16)18/h3-10H,24H2,1-2H3,(H,30,31)(H,25,28,29). The lowest BCUT2D eigenvalue weighted by molar-refractivity contribution is -0.122. The molecule has 4 aromatic rings. The summed E-state index contributed by atoms with van der Waals surface area (Å²) in [4.78, 5) is 37.1. The number of imide groups is 1. The largest absolute Gasteiger partial charge is 0.478 e. The van der Waals surface area contributed by atoms with Crippen molar-refractivity contribution in [3.05, 3.63) is 65.5 Å². The van der Waals surface area contributed by atoms with Crippen molar-refractivity contribution in [2.24, 2.45) is 14.1 Å². The zero-order chi connectivity index (χ0) is 22.0. The maximum atomic E-state index is 12.9. The van der Waals surface area contributed by atoms with Crippen LogP contribution in [0.15, 0.2) is 48.8 Å². The van der Waals surface area contributed by atoms with Gasteiger partial charge in [0.15, 0.2) is 0 Å². The average molecular weight is 414 g/mol. The minimum absolute atomic E-state index is 0.146. The lowest BCUT2D eigenvalue weighted by Gasteiger charge is -2.03. The first-order valence-corrected chi connectivity index (χ1v) is 9.54. The van der Waals surface area contributed by atoms with E-state index >= 15 is 0 Å². The van der Waals surface area contributed by atoms with Crippen LogP contribution in [0, 0.1) is 0 Å². The van der Waals surface area contributed by atoms with Gasteiger partial charge in [-0.3, -0.25) is 14.9 Å². The number of rotatable bonds is 3. The van der Waals surface area contributed by atoms with Gasteiger partial charge in [0.2, 0.25) is 0 Å². The normalized spacial score (nSPS) is 14.1. The van der Waals surface area contributed by atoms with Crippen LogP contribution >= 0.6 is 0 Å². The molecule has 1 aliphatic rings. The van der Waals surface area contributed by atoms with E-state index in [1.54, 1.807) is 36.0 Å². The van der Waals surface area contributed by atoms with Crippen LogP contribution in [0.4, 0.5) is 5.69 Å². The Labute approximate surface area is 176 Å². The molecular weight excluding hydrogens is 396 g/mol. The Kier molecular flexibility index (Phi) is 3.82. The summed E-state index contributed by atoms with van der Waals surface area (Å²) in [6.07, 6.45) is 3.55. The van der Waals surface area contributed by atoms with Crippen molar-refractivity contribution in [3.63, 3.8) is 0 Å². The molecule has 1 aliphatic heterocycles. The molecule has 0 bridgehead atoms. The van der Waals surface area contributed by atoms with Gasteiger partial charge in [0, 0.05) is 59.6 Å². The van der Waals surface area contributed by atoms with Gasteiger partial charge in [-0.25, -0.2) is 4.79 Å². The van der Waals surface area contributed by atoms with Crippen LogP contribution in [0.5, 0.6) is 0 Å². The third kappa shape index (κ3) is 2.65. The molecule has 2 aromatic heterocycles. The molecule has 0 atom stereocenters. The molecule has 0 saturated heterocycles. The Morgan fingerprint density at radius 3 is 1.94 bits per heavy atom. The van der Waals surface area contributed by atoms with Crippen molar-refractivity contribution in [2.45, 2.75) is 0 Å². The molecule has 0 spiro atoms. The summed E-state index contributed by atoms with van der Waals surface area (Å²) in [5.41, 5.74) is 9.92. The Morgan fingerprint density at radius 1 is 0.871 bits per heavy atom. The molecule has 31 heavy (non-hydrogen) atoms. The molecule has 0 fully saturated rings. The van der Waals surface area contributed by atoms with Crippen LogP contribution < -0.4 is 11.1 Å². The van der Waals surface area contributed by atoms with Gasteiger partial charge in [0.1, 0.15) is 0 Å². The third-order valence-corrected chi connectivity index (χ3v) is 5.72. The summed E-state index contributed by atoms with van der Waals surface area (Å²) in [7, 11) is 3.62. The van der Waals surface area contributed by atoms with Gasteiger partial charge >= 0.3 is 5.97 Å². The second-order valence-electron chi connectivity index (χ2n) is 7.65. The van der Waals surface area contributed by atoms with Gasteiger partial charge in [0.25, 0.3) is 11.8 Å². The first-order chi connectivity index (χ1) is 14.8. The summed E-state index contributed by atoms with van der Waals surface area (Å²) in [6.45, 7) is 0. The number of nitrogen functional groups attached to an aromatic ring is 1. The third-order valence-electron chi connectivity index (χ3n) is 5.72. The number of aromatic carboxylic acids is 1. The number of anilines is 1. The quantitative estimate of drug-likeness (QED) is 0.352. The van der Waals surface area contributed by atoms with E-state index in [2.05, 4.69) is 5.32 Å². The fourth-order valence-electron chi connectivity index (χ4n) is 4.29. The average Bonchev–Trinajstić information content (AvgIpc) is 3.32. The van der Waals surface area contributed by atoms with Crippen molar-refractivity contribution in [3.8, 4) is 0 Å². The molecule has 8 nitrogen and oxygen atoms in total. The molecule has 5 rings (SSSR count). The van der Waals surface area contributed by atoms with Crippen molar-refractivity contribution in [2.75, 3.05) is 5.73 Å². The topological polar surface area (TPSA) is 119 Å². The summed E-state index contributed by atoms with van der Waals surface area (Å²) in [5.74, 6) is -1.99. The van der Waals surface area contributed by atoms with Gasteiger partial charge in [-0.05, 0) is 24.3 Å². The van der Waals surface area contributed by atoms with Gasteiger partial charge in [-0.15, -0.1) is 0 Å². The molecule has 4 N–H and O–H groups in total. The lowest BCUT2D eigenvalue weighted by atomic mass is 9.95. The van der Waals surface area contributed by atoms with Crippen LogP contribution in [-0.4, -0.2) is 32.0 Å². The van der Waals surface area contributed by atoms with Gasteiger partial charge in [0.05, 0.1) is 22.2 Å². The number of carbonyl (C=O) groups is 3. The number of carboxylic acids is 1. The van der Waals surface area contributed by atoms with Crippen LogP contribution in [0.25, 0.3) is 33.0 Å². The lowest BCUT2D eigenvalue weighted by Crippen LogP contribution is -2.22. The van der Waals surface area contributed by atoms with Crippen LogP contribution in [0.3, 0.4) is 0 Å². The molecule has 154 valence electrons. The van der Waals surface area contributed by atoms with E-state index in [4.69, 9.17) is 5.73 Å². The number of nitrogens with zero attached hydrogens (tertiary/aromatic N) is 2. The highest BCUT2D eigenvalue weighted by Gasteiger charge is 2.35. The smallest absolute Gasteiger partial charge is 0.335 e. The first kappa shape index (κ1) is 18.7. The van der Waals surface area contributed by atoms with E-state index in [9.17, 15) is 19.5 Å². The predicted molar refractivity (Wildman–Crippen MR) is 117 cm³/mol. The van der Waals surface area contributed by atoms with Crippen LogP contribution in [-0.2, 0) is 23.7 Å². The van der Waals surface area contributed by atoms with Gasteiger partial charge in [-0.1, -0.05) is 12.1 Å². The van der Waals surface area contributed by atoms with Crippen molar-refractivity contribution >= 4 is 56.4 Å². The summed E-state index contributed by atoms with van der Waals surface area (Å²) < 4.78 is 3.62. The number of carboxylic acid groups (broad SMARTS) is 1. The molecular formula is C23H18N4O4. The number of nitrogens with one attached hydrogen (secondary N) is 1. The molecule has 2 aromatic carbocycles. The van der Waals surface area contributed by atoms with E-state index in [0.717, 1.165) is 10.9 Å². The number of hydrogen-bond acceptors (Lipinski definition) is 4. The number of aromatic nitrogens is 2. The number of nitrogens with two attached hydrogens (primary N) is 1. The van der Waals surface area contributed by atoms with Gasteiger partial charge < -0.3 is 20.0 Å². The van der Waals surface area contributed by atoms with E-state index < -0.39 is 17.8 Å². The predicted octanol–water partition coefficient (Wildman–Crippen LogP) is 2.52. The number of benzene rings is 2. The SMILES string of the molecule is Cn1cc(C2=C(c3cn(C)c4cc(C(=O)O)ccc34)C(=O)NC2=O)c2ccc(N)cc21. The molecule has 3 heterocycles. The minimum atomic E-state index is -1.03. The molecule has 8 heteroatoms. The second kappa shape index (κ2) is 6.33. The fourth-order valence-corrected chi connectivity index (χ4v) is 4.29. The number of carbonyl (C=O) groups excluding carboxylic acids is 2. The maximum absolute atomic E-state index is 12.9. The minimum Gasteiger partial charge on any atom is -0.478 e. The highest BCUT2D eigenvalue weighted by atomic mass is 16.4. The Hall–Kier alpha value is -4.33. The monoisotopic (exact) mass is 414 g/mol. The van der Waals surface area contributed by atoms with Crippen LogP contribution in [0.1, 0.15) is 21.5 Å². The summed E-state index contributed by atoms with van der Waals surface area (Å²) in [6, 6.07) is 10.1. The summed E-state index contributed by atoms with van der Waals surface area (Å²) in [5, 5.41) is 13.2. The Morgan fingerprint density at radius 2 is 1.39 bits per heavy atom. The number of fused-ring (bicyclic) bond motifs is 2. The highest BCUT2D eigenvalue weighted by Crippen LogP contribution is 2.39. The number of hydrogen-bond donors (Lipinski definition) is 3. The van der Waals surface area contributed by atoms with Crippen molar-refractivity contribution < 1.29 is 19.5 Å². The van der Waals surface area contributed by atoms with E-state index in [1.165, 1.54) is 6.07 Å². The molecule has 2 amide bonds. The maximum Gasteiger partial charge on any atom is 0.335 e. The summed E-state index contributed by atoms with van der Waals surface area (Å²) >= 11 is 0. The molecule has 0 unspecified atom stereocenters. The molecule has 0 aliphatic carbocycles. The van der Waals surface area contributed by atoms with Crippen molar-refractivity contribution in [1.29, 1.82) is 0 Å². The van der Waals surface area contributed by atoms with Gasteiger partial charge in [-0.2, -0.15) is 0 Å². The van der Waals surface area contributed by atoms with E-state index in [1.807, 2.05) is 29.9 Å². The number of amides is 2. The first-order valence-electron chi connectivity index (χ1n) is 9.54. The zero-order valence-electron chi connectivity index (χ0n) is 16.8.